The molecule has 1 aliphatic rings. The average Bonchev–Trinajstić information content (AvgIpc) is 2.99. The lowest BCUT2D eigenvalue weighted by molar-refractivity contribution is -0.117. The van der Waals surface area contributed by atoms with E-state index in [-0.39, 0.29) is 11.7 Å². The number of ether oxygens (including phenoxy) is 1. The van der Waals surface area contributed by atoms with Gasteiger partial charge in [-0.3, -0.25) is 14.4 Å². The molecule has 2 heterocycles. The van der Waals surface area contributed by atoms with Crippen molar-refractivity contribution in [1.29, 1.82) is 0 Å². The minimum atomic E-state index is -0.268. The van der Waals surface area contributed by atoms with Gasteiger partial charge >= 0.3 is 0 Å². The number of hydrogen-bond acceptors (Lipinski definition) is 4. The van der Waals surface area contributed by atoms with E-state index in [1.807, 2.05) is 7.05 Å². The Morgan fingerprint density at radius 1 is 1.40 bits per heavy atom. The number of halogens is 1. The molecule has 1 aromatic carbocycles. The number of carbonyl (C=O) groups is 1. The average molecular weight is 346 g/mol. The van der Waals surface area contributed by atoms with Gasteiger partial charge in [0, 0.05) is 25.7 Å². The van der Waals surface area contributed by atoms with E-state index in [4.69, 9.17) is 4.74 Å². The smallest absolute Gasteiger partial charge is 0.238 e. The predicted octanol–water partition coefficient (Wildman–Crippen LogP) is 2.29. The molecule has 1 aromatic heterocycles. The van der Waals surface area contributed by atoms with E-state index in [9.17, 15) is 9.18 Å². The first-order valence-corrected chi connectivity index (χ1v) is 8.48. The molecular formula is C18H23FN4O2. The van der Waals surface area contributed by atoms with E-state index in [0.717, 1.165) is 25.9 Å². The molecule has 7 heteroatoms. The monoisotopic (exact) mass is 346 g/mol. The van der Waals surface area contributed by atoms with Gasteiger partial charge in [-0.15, -0.1) is 0 Å². The van der Waals surface area contributed by atoms with Gasteiger partial charge in [-0.2, -0.15) is 5.10 Å². The summed E-state index contributed by atoms with van der Waals surface area (Å²) < 4.78 is 20.3. The standard InChI is InChI=1S/C18H23FN4O2/c1-22-11-16(9-20-22)21-18(24)12-23-8-2-3-14(10-23)13-25-17-6-4-15(19)5-7-17/h4-7,9,11,14H,2-3,8,10,12-13H2,1H3,(H,21,24)/t14-/m1/s1. The van der Waals surface area contributed by atoms with Gasteiger partial charge in [0.25, 0.3) is 0 Å². The van der Waals surface area contributed by atoms with Crippen molar-refractivity contribution in [3.63, 3.8) is 0 Å². The lowest BCUT2D eigenvalue weighted by Gasteiger charge is -2.32. The Hall–Kier alpha value is -2.41. The molecule has 25 heavy (non-hydrogen) atoms. The van der Waals surface area contributed by atoms with Gasteiger partial charge in [0.2, 0.25) is 5.91 Å². The molecule has 0 aliphatic carbocycles. The quantitative estimate of drug-likeness (QED) is 0.872. The van der Waals surface area contributed by atoms with Crippen molar-refractivity contribution >= 4 is 11.6 Å². The van der Waals surface area contributed by atoms with Gasteiger partial charge in [0.05, 0.1) is 25.0 Å². The van der Waals surface area contributed by atoms with Crippen LogP contribution in [0.4, 0.5) is 10.1 Å². The van der Waals surface area contributed by atoms with Crippen molar-refractivity contribution in [3.8, 4) is 5.75 Å². The summed E-state index contributed by atoms with van der Waals surface area (Å²) in [5, 5.41) is 6.89. The number of piperidine rings is 1. The zero-order valence-corrected chi connectivity index (χ0v) is 14.3. The van der Waals surface area contributed by atoms with Gasteiger partial charge in [-0.25, -0.2) is 4.39 Å². The van der Waals surface area contributed by atoms with Crippen molar-refractivity contribution < 1.29 is 13.9 Å². The number of nitrogens with one attached hydrogen (secondary N) is 1. The maximum absolute atomic E-state index is 12.9. The van der Waals surface area contributed by atoms with E-state index in [0.29, 0.717) is 30.5 Å². The molecule has 134 valence electrons. The number of benzene rings is 1. The van der Waals surface area contributed by atoms with Crippen LogP contribution in [0.5, 0.6) is 5.75 Å². The highest BCUT2D eigenvalue weighted by molar-refractivity contribution is 5.91. The van der Waals surface area contributed by atoms with Crippen LogP contribution in [0, 0.1) is 11.7 Å². The molecule has 0 saturated carbocycles. The van der Waals surface area contributed by atoms with Crippen LogP contribution >= 0.6 is 0 Å². The fourth-order valence-electron chi connectivity index (χ4n) is 3.07. The third-order valence-electron chi connectivity index (χ3n) is 4.26. The molecule has 0 radical (unpaired) electrons. The van der Waals surface area contributed by atoms with E-state index in [1.165, 1.54) is 12.1 Å². The zero-order valence-electron chi connectivity index (χ0n) is 14.3. The van der Waals surface area contributed by atoms with Crippen LogP contribution in [0.25, 0.3) is 0 Å². The van der Waals surface area contributed by atoms with E-state index in [1.54, 1.807) is 29.2 Å². The summed E-state index contributed by atoms with van der Waals surface area (Å²) in [6, 6.07) is 6.06. The Bertz CT molecular complexity index is 701. The highest BCUT2D eigenvalue weighted by atomic mass is 19.1. The van der Waals surface area contributed by atoms with E-state index in [2.05, 4.69) is 15.3 Å². The van der Waals surface area contributed by atoms with Gasteiger partial charge < -0.3 is 10.1 Å². The van der Waals surface area contributed by atoms with Crippen LogP contribution < -0.4 is 10.1 Å². The third-order valence-corrected chi connectivity index (χ3v) is 4.26. The van der Waals surface area contributed by atoms with Crippen LogP contribution in [0.1, 0.15) is 12.8 Å². The minimum absolute atomic E-state index is 0.0342. The number of rotatable bonds is 6. The Morgan fingerprint density at radius 2 is 2.20 bits per heavy atom. The summed E-state index contributed by atoms with van der Waals surface area (Å²) in [6.07, 6.45) is 5.51. The Kier molecular flexibility index (Phi) is 5.65. The normalized spacial score (nSPS) is 18.1. The summed E-state index contributed by atoms with van der Waals surface area (Å²) >= 11 is 0. The first-order chi connectivity index (χ1) is 12.1. The lowest BCUT2D eigenvalue weighted by atomic mass is 9.99. The molecule has 1 atom stereocenters. The number of likely N-dealkylation sites (tertiary alicyclic amines) is 1. The number of aromatic nitrogens is 2. The van der Waals surface area contributed by atoms with Crippen LogP contribution in [0.3, 0.4) is 0 Å². The van der Waals surface area contributed by atoms with Crippen molar-refractivity contribution in [2.24, 2.45) is 13.0 Å². The van der Waals surface area contributed by atoms with Crippen molar-refractivity contribution in [2.75, 3.05) is 31.6 Å². The van der Waals surface area contributed by atoms with Crippen LogP contribution in [-0.2, 0) is 11.8 Å². The van der Waals surface area contributed by atoms with Gasteiger partial charge in [-0.05, 0) is 43.7 Å². The fourth-order valence-corrected chi connectivity index (χ4v) is 3.07. The first-order valence-electron chi connectivity index (χ1n) is 8.48. The molecule has 3 rings (SSSR count). The molecule has 1 amide bonds. The van der Waals surface area contributed by atoms with E-state index < -0.39 is 0 Å². The largest absolute Gasteiger partial charge is 0.493 e. The SMILES string of the molecule is Cn1cc(NC(=O)CN2CCC[C@@H](COc3ccc(F)cc3)C2)cn1. The Balaban J connectivity index is 1.44. The summed E-state index contributed by atoms with van der Waals surface area (Å²) in [5.74, 6) is 0.738. The first kappa shape index (κ1) is 17.4. The molecule has 6 nitrogen and oxygen atoms in total. The highest BCUT2D eigenvalue weighted by Gasteiger charge is 2.22. The maximum Gasteiger partial charge on any atom is 0.238 e. The number of aryl methyl sites for hydroxylation is 1. The molecule has 0 spiro atoms. The molecule has 1 aliphatic heterocycles. The number of amides is 1. The molecule has 1 fully saturated rings. The van der Waals surface area contributed by atoms with Crippen molar-refractivity contribution in [3.05, 3.63) is 42.5 Å². The topological polar surface area (TPSA) is 59.4 Å². The lowest BCUT2D eigenvalue weighted by Crippen LogP contribution is -2.41. The van der Waals surface area contributed by atoms with Gasteiger partial charge in [0.15, 0.2) is 0 Å². The summed E-state index contributed by atoms with van der Waals surface area (Å²) in [5.41, 5.74) is 0.709. The minimum Gasteiger partial charge on any atom is -0.493 e. The second-order valence-electron chi connectivity index (χ2n) is 6.46. The summed E-state index contributed by atoms with van der Waals surface area (Å²) in [7, 11) is 1.81. The maximum atomic E-state index is 12.9. The Morgan fingerprint density at radius 3 is 2.92 bits per heavy atom. The van der Waals surface area contributed by atoms with E-state index >= 15 is 0 Å². The Labute approximate surface area is 146 Å². The summed E-state index contributed by atoms with van der Waals surface area (Å²) in [4.78, 5) is 14.3. The van der Waals surface area contributed by atoms with Crippen LogP contribution in [-0.4, -0.2) is 46.8 Å². The second kappa shape index (κ2) is 8.11. The number of anilines is 1. The van der Waals surface area contributed by atoms with Crippen LogP contribution in [0.2, 0.25) is 0 Å². The van der Waals surface area contributed by atoms with Crippen molar-refractivity contribution in [2.45, 2.75) is 12.8 Å². The number of nitrogens with zero attached hydrogens (tertiary/aromatic N) is 3. The van der Waals surface area contributed by atoms with Gasteiger partial charge in [0.1, 0.15) is 11.6 Å². The molecule has 1 N–H and O–H groups in total. The number of hydrogen-bond donors (Lipinski definition) is 1. The molecule has 0 bridgehead atoms. The predicted molar refractivity (Wildman–Crippen MR) is 92.9 cm³/mol. The molecule has 0 unspecified atom stereocenters. The fraction of sp³-hybridized carbons (Fsp3) is 0.444. The molecule has 2 aromatic rings. The molecule has 1 saturated heterocycles. The van der Waals surface area contributed by atoms with Crippen LogP contribution in [0.15, 0.2) is 36.7 Å². The summed E-state index contributed by atoms with van der Waals surface area (Å²) in [6.45, 7) is 2.67. The number of carbonyl (C=O) groups excluding carboxylic acids is 1. The molecular weight excluding hydrogens is 323 g/mol. The third kappa shape index (κ3) is 5.29. The van der Waals surface area contributed by atoms with Crippen molar-refractivity contribution in [1.82, 2.24) is 14.7 Å². The second-order valence-corrected chi connectivity index (χ2v) is 6.46. The zero-order chi connectivity index (χ0) is 17.6. The highest BCUT2D eigenvalue weighted by Crippen LogP contribution is 2.19. The van der Waals surface area contributed by atoms with Gasteiger partial charge in [-0.1, -0.05) is 0 Å².